The van der Waals surface area contributed by atoms with E-state index in [1.54, 1.807) is 14.1 Å². The van der Waals surface area contributed by atoms with Crippen LogP contribution in [0.2, 0.25) is 0 Å². The number of halogens is 1. The van der Waals surface area contributed by atoms with Gasteiger partial charge in [0.05, 0.1) is 0 Å². The normalized spacial score (nSPS) is 11.9. The van der Waals surface area contributed by atoms with Gasteiger partial charge in [-0.15, -0.1) is 24.0 Å². The van der Waals surface area contributed by atoms with Gasteiger partial charge in [-0.05, 0) is 36.1 Å². The Morgan fingerprint density at radius 2 is 1.82 bits per heavy atom. The summed E-state index contributed by atoms with van der Waals surface area (Å²) in [5, 5.41) is 9.42. The zero-order chi connectivity index (χ0) is 19.5. The largest absolute Gasteiger partial charge is 0.356 e. The number of nitrogens with one attached hydrogen (secondary N) is 3. The van der Waals surface area contributed by atoms with E-state index in [1.807, 2.05) is 30.3 Å². The minimum atomic E-state index is -0.0613. The molecule has 6 heteroatoms. The van der Waals surface area contributed by atoms with E-state index in [-0.39, 0.29) is 29.9 Å². The summed E-state index contributed by atoms with van der Waals surface area (Å²) in [6, 6.07) is 18.3. The molecular formula is C22H31IN4O. The van der Waals surface area contributed by atoms with Crippen molar-refractivity contribution in [3.8, 4) is 0 Å². The summed E-state index contributed by atoms with van der Waals surface area (Å²) in [7, 11) is 3.43. The van der Waals surface area contributed by atoms with Crippen LogP contribution in [0.25, 0.3) is 0 Å². The topological polar surface area (TPSA) is 65.5 Å². The van der Waals surface area contributed by atoms with Gasteiger partial charge in [-0.3, -0.25) is 9.79 Å². The second-order valence-electron chi connectivity index (χ2n) is 6.43. The fourth-order valence-corrected chi connectivity index (χ4v) is 3.00. The highest BCUT2D eigenvalue weighted by atomic mass is 127. The van der Waals surface area contributed by atoms with Crippen molar-refractivity contribution in [1.82, 2.24) is 16.0 Å². The van der Waals surface area contributed by atoms with Gasteiger partial charge >= 0.3 is 0 Å². The lowest BCUT2D eigenvalue weighted by atomic mass is 9.97. The van der Waals surface area contributed by atoms with Crippen molar-refractivity contribution < 1.29 is 4.79 Å². The Morgan fingerprint density at radius 1 is 1.07 bits per heavy atom. The Morgan fingerprint density at radius 3 is 2.46 bits per heavy atom. The average Bonchev–Trinajstić information content (AvgIpc) is 2.73. The number of guanidine groups is 1. The summed E-state index contributed by atoms with van der Waals surface area (Å²) in [5.74, 6) is 1.19. The van der Waals surface area contributed by atoms with Crippen LogP contribution in [-0.4, -0.2) is 39.1 Å². The molecule has 5 nitrogen and oxygen atoms in total. The molecule has 1 unspecified atom stereocenters. The third-order valence-corrected chi connectivity index (χ3v) is 4.63. The number of carbonyl (C=O) groups excluding carboxylic acids is 1. The summed E-state index contributed by atoms with van der Waals surface area (Å²) in [6.45, 7) is 3.79. The zero-order valence-electron chi connectivity index (χ0n) is 16.9. The zero-order valence-corrected chi connectivity index (χ0v) is 19.2. The molecule has 0 bridgehead atoms. The minimum absolute atomic E-state index is 0. The van der Waals surface area contributed by atoms with Crippen molar-refractivity contribution >= 4 is 35.8 Å². The molecule has 0 spiro atoms. The van der Waals surface area contributed by atoms with E-state index in [1.165, 1.54) is 5.56 Å². The number of rotatable bonds is 8. The molecule has 2 aromatic rings. The standard InChI is InChI=1S/C22H30N4O.HI/c1-4-18(19-10-6-5-7-11-19)16-26-22(24-3)25-14-13-17-9-8-12-20(15-17)21(27)23-2;/h5-12,15,18H,4,13-14,16H2,1-3H3,(H,23,27)(H2,24,25,26);1H. The molecule has 0 aliphatic rings. The fraction of sp³-hybridized carbons (Fsp3) is 0.364. The van der Waals surface area contributed by atoms with Crippen molar-refractivity contribution in [3.05, 3.63) is 71.3 Å². The second-order valence-corrected chi connectivity index (χ2v) is 6.43. The Balaban J connectivity index is 0.00000392. The molecule has 0 fully saturated rings. The maximum Gasteiger partial charge on any atom is 0.251 e. The number of carbonyl (C=O) groups is 1. The molecule has 0 saturated heterocycles. The van der Waals surface area contributed by atoms with Gasteiger partial charge in [0.1, 0.15) is 0 Å². The number of benzene rings is 2. The van der Waals surface area contributed by atoms with Crippen LogP contribution in [0.5, 0.6) is 0 Å². The minimum Gasteiger partial charge on any atom is -0.356 e. The van der Waals surface area contributed by atoms with Gasteiger partial charge in [0.25, 0.3) is 5.91 Å². The molecule has 2 rings (SSSR count). The quantitative estimate of drug-likeness (QED) is 0.299. The van der Waals surface area contributed by atoms with E-state index in [0.717, 1.165) is 37.5 Å². The van der Waals surface area contributed by atoms with Crippen molar-refractivity contribution in [3.63, 3.8) is 0 Å². The summed E-state index contributed by atoms with van der Waals surface area (Å²) < 4.78 is 0. The van der Waals surface area contributed by atoms with Gasteiger partial charge in [0.15, 0.2) is 5.96 Å². The first-order valence-corrected chi connectivity index (χ1v) is 9.48. The lowest BCUT2D eigenvalue weighted by Gasteiger charge is -2.18. The molecule has 2 aromatic carbocycles. The highest BCUT2D eigenvalue weighted by Crippen LogP contribution is 2.17. The van der Waals surface area contributed by atoms with Crippen molar-refractivity contribution in [2.75, 3.05) is 27.2 Å². The summed E-state index contributed by atoms with van der Waals surface area (Å²) in [4.78, 5) is 16.0. The van der Waals surface area contributed by atoms with Crippen LogP contribution in [0, 0.1) is 0 Å². The Hall–Kier alpha value is -2.09. The molecule has 28 heavy (non-hydrogen) atoms. The van der Waals surface area contributed by atoms with Crippen molar-refractivity contribution in [2.24, 2.45) is 4.99 Å². The molecule has 0 radical (unpaired) electrons. The fourth-order valence-electron chi connectivity index (χ4n) is 3.00. The lowest BCUT2D eigenvalue weighted by molar-refractivity contribution is 0.0963. The molecule has 0 aliphatic carbocycles. The first kappa shape index (κ1) is 23.9. The van der Waals surface area contributed by atoms with E-state index < -0.39 is 0 Å². The maximum absolute atomic E-state index is 11.7. The molecule has 0 aliphatic heterocycles. The van der Waals surface area contributed by atoms with E-state index in [4.69, 9.17) is 0 Å². The number of amides is 1. The van der Waals surface area contributed by atoms with E-state index in [2.05, 4.69) is 52.1 Å². The van der Waals surface area contributed by atoms with Crippen LogP contribution in [0.15, 0.2) is 59.6 Å². The van der Waals surface area contributed by atoms with Gasteiger partial charge in [-0.2, -0.15) is 0 Å². The van der Waals surface area contributed by atoms with Crippen LogP contribution in [0.1, 0.15) is 40.7 Å². The summed E-state index contributed by atoms with van der Waals surface area (Å²) in [6.07, 6.45) is 1.89. The number of hydrogen-bond donors (Lipinski definition) is 3. The first-order valence-electron chi connectivity index (χ1n) is 9.48. The van der Waals surface area contributed by atoms with Gasteiger partial charge in [0, 0.05) is 38.7 Å². The van der Waals surface area contributed by atoms with Crippen LogP contribution in [-0.2, 0) is 6.42 Å². The Bertz CT molecular complexity index is 749. The highest BCUT2D eigenvalue weighted by molar-refractivity contribution is 14.0. The lowest BCUT2D eigenvalue weighted by Crippen LogP contribution is -2.40. The molecule has 3 N–H and O–H groups in total. The average molecular weight is 494 g/mol. The molecule has 1 amide bonds. The highest BCUT2D eigenvalue weighted by Gasteiger charge is 2.10. The molecule has 1 atom stereocenters. The van der Waals surface area contributed by atoms with E-state index in [0.29, 0.717) is 11.5 Å². The SMILES string of the molecule is CCC(CNC(=NC)NCCc1cccc(C(=O)NC)c1)c1ccccc1.I. The van der Waals surface area contributed by atoms with Gasteiger partial charge in [-0.25, -0.2) is 0 Å². The maximum atomic E-state index is 11.7. The third kappa shape index (κ3) is 7.50. The predicted molar refractivity (Wildman–Crippen MR) is 128 cm³/mol. The van der Waals surface area contributed by atoms with Crippen LogP contribution >= 0.6 is 24.0 Å². The molecule has 0 saturated carbocycles. The third-order valence-electron chi connectivity index (χ3n) is 4.63. The monoisotopic (exact) mass is 494 g/mol. The first-order chi connectivity index (χ1) is 13.2. The smallest absolute Gasteiger partial charge is 0.251 e. The second kappa shape index (κ2) is 13.1. The molecule has 152 valence electrons. The van der Waals surface area contributed by atoms with Gasteiger partial charge in [0.2, 0.25) is 0 Å². The number of nitrogens with zero attached hydrogens (tertiary/aromatic N) is 1. The Kier molecular flexibility index (Phi) is 11.2. The van der Waals surface area contributed by atoms with E-state index >= 15 is 0 Å². The Labute approximate surface area is 185 Å². The molecule has 0 aromatic heterocycles. The van der Waals surface area contributed by atoms with Gasteiger partial charge in [-0.1, -0.05) is 49.4 Å². The molecule has 0 heterocycles. The number of hydrogen-bond acceptors (Lipinski definition) is 2. The van der Waals surface area contributed by atoms with E-state index in [9.17, 15) is 4.79 Å². The van der Waals surface area contributed by atoms with Crippen LogP contribution < -0.4 is 16.0 Å². The predicted octanol–water partition coefficient (Wildman–Crippen LogP) is 3.57. The summed E-state index contributed by atoms with van der Waals surface area (Å²) in [5.41, 5.74) is 3.15. The molecular weight excluding hydrogens is 463 g/mol. The van der Waals surface area contributed by atoms with Crippen molar-refractivity contribution in [1.29, 1.82) is 0 Å². The van der Waals surface area contributed by atoms with Crippen LogP contribution in [0.3, 0.4) is 0 Å². The summed E-state index contributed by atoms with van der Waals surface area (Å²) >= 11 is 0. The van der Waals surface area contributed by atoms with Crippen LogP contribution in [0.4, 0.5) is 0 Å². The van der Waals surface area contributed by atoms with Gasteiger partial charge < -0.3 is 16.0 Å². The van der Waals surface area contributed by atoms with Crippen molar-refractivity contribution in [2.45, 2.75) is 25.7 Å². The number of aliphatic imine (C=N–C) groups is 1.